The quantitative estimate of drug-likeness (QED) is 0.474. The molecule has 13 heteroatoms. The zero-order valence-corrected chi connectivity index (χ0v) is 24.0. The monoisotopic (exact) mass is 601 g/mol. The van der Waals surface area contributed by atoms with E-state index in [1.807, 2.05) is 6.20 Å². The number of carbonyl (C=O) groups is 1. The Hall–Kier alpha value is -3.39. The lowest BCUT2D eigenvalue weighted by molar-refractivity contribution is -0.127. The molecule has 0 saturated carbocycles. The van der Waals surface area contributed by atoms with Crippen molar-refractivity contribution < 1.29 is 31.8 Å². The van der Waals surface area contributed by atoms with Gasteiger partial charge in [-0.3, -0.25) is 14.4 Å². The van der Waals surface area contributed by atoms with Gasteiger partial charge in [-0.05, 0) is 48.2 Å². The Bertz CT molecular complexity index is 1610. The van der Waals surface area contributed by atoms with Crippen molar-refractivity contribution in [2.75, 3.05) is 26.2 Å². The Kier molecular flexibility index (Phi) is 7.54. The van der Waals surface area contributed by atoms with Gasteiger partial charge in [0.2, 0.25) is 15.9 Å². The maximum Gasteiger partial charge on any atom is 0.247 e. The maximum atomic E-state index is 13.9. The molecule has 2 saturated heterocycles. The van der Waals surface area contributed by atoms with Gasteiger partial charge in [-0.25, -0.2) is 17.2 Å². The Balaban J connectivity index is 1.28. The third-order valence-electron chi connectivity index (χ3n) is 8.53. The standard InChI is InChI=1S/C29H33F2N5O5S/c1-34-17-21(15-32-34)20-3-5-27-26(13-20)41-11-8-29(33-28(38)25-14-22(37)18-36(25)42(27,39)40)6-9-35(10-7-29)16-19-2-4-23(30)24(31)12-19/h2-5,12-13,15,17,22,25,37H,6-11,14,16,18H2,1H3,(H,33,38)/t22-,25+/m1/s1. The van der Waals surface area contributed by atoms with Gasteiger partial charge in [0.25, 0.3) is 0 Å². The predicted molar refractivity (Wildman–Crippen MR) is 149 cm³/mol. The van der Waals surface area contributed by atoms with Gasteiger partial charge in [0.15, 0.2) is 11.6 Å². The molecule has 1 aromatic heterocycles. The molecule has 1 amide bonds. The normalized spacial score (nSPS) is 24.3. The van der Waals surface area contributed by atoms with Gasteiger partial charge in [0.05, 0.1) is 18.9 Å². The molecule has 6 rings (SSSR count). The summed E-state index contributed by atoms with van der Waals surface area (Å²) in [6, 6.07) is 7.65. The topological polar surface area (TPSA) is 117 Å². The Morgan fingerprint density at radius 3 is 2.60 bits per heavy atom. The van der Waals surface area contributed by atoms with Crippen molar-refractivity contribution in [1.29, 1.82) is 0 Å². The summed E-state index contributed by atoms with van der Waals surface area (Å²) in [6.45, 7) is 1.56. The van der Waals surface area contributed by atoms with E-state index in [-0.39, 0.29) is 30.2 Å². The first kappa shape index (κ1) is 28.7. The molecule has 0 aliphatic carbocycles. The van der Waals surface area contributed by atoms with Crippen LogP contribution in [0, 0.1) is 11.6 Å². The number of halogens is 2. The number of rotatable bonds is 3. The fraction of sp³-hybridized carbons (Fsp3) is 0.448. The van der Waals surface area contributed by atoms with Crippen molar-refractivity contribution >= 4 is 15.9 Å². The van der Waals surface area contributed by atoms with E-state index >= 15 is 0 Å². The van der Waals surface area contributed by atoms with Crippen LogP contribution in [0.2, 0.25) is 0 Å². The number of likely N-dealkylation sites (tertiary alicyclic amines) is 1. The largest absolute Gasteiger partial charge is 0.492 e. The van der Waals surface area contributed by atoms with Gasteiger partial charge in [0.1, 0.15) is 16.7 Å². The first-order chi connectivity index (χ1) is 20.0. The molecule has 10 nitrogen and oxygen atoms in total. The second kappa shape index (κ2) is 11.0. The number of nitrogens with one attached hydrogen (secondary N) is 1. The first-order valence-corrected chi connectivity index (χ1v) is 15.4. The number of fused-ring (bicyclic) bond motifs is 2. The molecule has 4 heterocycles. The second-order valence-electron chi connectivity index (χ2n) is 11.4. The molecule has 1 spiro atoms. The number of aliphatic hydroxyl groups excluding tert-OH is 1. The van der Waals surface area contributed by atoms with Crippen LogP contribution in [0.3, 0.4) is 0 Å². The summed E-state index contributed by atoms with van der Waals surface area (Å²) in [6.07, 6.45) is 4.05. The number of benzene rings is 2. The van der Waals surface area contributed by atoms with Crippen LogP contribution in [0.25, 0.3) is 11.1 Å². The van der Waals surface area contributed by atoms with Crippen molar-refractivity contribution in [2.45, 2.75) is 54.8 Å². The van der Waals surface area contributed by atoms with Gasteiger partial charge in [-0.1, -0.05) is 12.1 Å². The number of aliphatic hydroxyl groups is 1. The molecule has 3 aliphatic heterocycles. The number of carbonyl (C=O) groups excluding carboxylic acids is 1. The highest BCUT2D eigenvalue weighted by Gasteiger charge is 2.47. The van der Waals surface area contributed by atoms with Gasteiger partial charge >= 0.3 is 0 Å². The van der Waals surface area contributed by atoms with Crippen molar-refractivity contribution in [3.63, 3.8) is 0 Å². The first-order valence-electron chi connectivity index (χ1n) is 14.0. The molecule has 2 aromatic carbocycles. The summed E-state index contributed by atoms with van der Waals surface area (Å²) in [4.78, 5) is 15.7. The van der Waals surface area contributed by atoms with E-state index in [2.05, 4.69) is 15.3 Å². The molecule has 2 atom stereocenters. The SMILES string of the molecule is Cn1cc(-c2ccc3c(c2)OCCC2(CCN(Cc4ccc(F)c(F)c4)CC2)NC(=O)[C@@H]2C[C@@H](O)CN2S3(=O)=O)cn1. The number of sulfonamides is 1. The van der Waals surface area contributed by atoms with E-state index in [4.69, 9.17) is 4.74 Å². The minimum Gasteiger partial charge on any atom is -0.492 e. The average molecular weight is 602 g/mol. The average Bonchev–Trinajstić information content (AvgIpc) is 3.57. The van der Waals surface area contributed by atoms with E-state index in [1.54, 1.807) is 36.1 Å². The van der Waals surface area contributed by atoms with E-state index in [0.29, 0.717) is 44.5 Å². The van der Waals surface area contributed by atoms with Crippen molar-refractivity contribution in [1.82, 2.24) is 24.3 Å². The van der Waals surface area contributed by atoms with Crippen LogP contribution in [0.1, 0.15) is 31.2 Å². The van der Waals surface area contributed by atoms with Gasteiger partial charge in [0, 0.05) is 63.4 Å². The van der Waals surface area contributed by atoms with Crippen LogP contribution in [-0.2, 0) is 28.4 Å². The molecular formula is C29H33F2N5O5S. The highest BCUT2D eigenvalue weighted by Crippen LogP contribution is 2.37. The fourth-order valence-electron chi connectivity index (χ4n) is 6.17. The number of aromatic nitrogens is 2. The molecule has 2 N–H and O–H groups in total. The molecule has 2 fully saturated rings. The Morgan fingerprint density at radius 1 is 1.10 bits per heavy atom. The summed E-state index contributed by atoms with van der Waals surface area (Å²) < 4.78 is 63.8. The van der Waals surface area contributed by atoms with Crippen LogP contribution in [0.5, 0.6) is 5.75 Å². The number of amides is 1. The Labute approximate surface area is 242 Å². The Morgan fingerprint density at radius 2 is 1.88 bits per heavy atom. The van der Waals surface area contributed by atoms with Crippen LogP contribution in [0.15, 0.2) is 53.7 Å². The maximum absolute atomic E-state index is 13.9. The summed E-state index contributed by atoms with van der Waals surface area (Å²) >= 11 is 0. The number of ether oxygens (including phenoxy) is 1. The van der Waals surface area contributed by atoms with Crippen molar-refractivity contribution in [2.24, 2.45) is 7.05 Å². The van der Waals surface area contributed by atoms with E-state index in [1.165, 1.54) is 12.1 Å². The molecular weight excluding hydrogens is 568 g/mol. The lowest BCUT2D eigenvalue weighted by atomic mass is 9.84. The number of aryl methyl sites for hydroxylation is 1. The number of hydrogen-bond donors (Lipinski definition) is 2. The minimum absolute atomic E-state index is 0.00659. The van der Waals surface area contributed by atoms with Gasteiger partial charge in [-0.15, -0.1) is 0 Å². The third-order valence-corrected chi connectivity index (χ3v) is 10.4. The van der Waals surface area contributed by atoms with Crippen LogP contribution < -0.4 is 10.1 Å². The lowest BCUT2D eigenvalue weighted by Gasteiger charge is -2.43. The summed E-state index contributed by atoms with van der Waals surface area (Å²) in [5.41, 5.74) is 1.52. The highest BCUT2D eigenvalue weighted by molar-refractivity contribution is 7.89. The predicted octanol–water partition coefficient (Wildman–Crippen LogP) is 2.42. The van der Waals surface area contributed by atoms with Crippen LogP contribution in [0.4, 0.5) is 8.78 Å². The summed E-state index contributed by atoms with van der Waals surface area (Å²) in [7, 11) is -2.39. The molecule has 42 heavy (non-hydrogen) atoms. The zero-order valence-electron chi connectivity index (χ0n) is 23.2. The van der Waals surface area contributed by atoms with Crippen molar-refractivity contribution in [3.8, 4) is 16.9 Å². The molecule has 0 radical (unpaired) electrons. The highest BCUT2D eigenvalue weighted by atomic mass is 32.2. The number of hydrogen-bond acceptors (Lipinski definition) is 7. The minimum atomic E-state index is -4.19. The molecule has 3 aliphatic rings. The van der Waals surface area contributed by atoms with Crippen LogP contribution >= 0.6 is 0 Å². The smallest absolute Gasteiger partial charge is 0.247 e. The fourth-order valence-corrected chi connectivity index (χ4v) is 7.92. The second-order valence-corrected chi connectivity index (χ2v) is 13.3. The molecule has 3 aromatic rings. The summed E-state index contributed by atoms with van der Waals surface area (Å²) in [5, 5.41) is 17.8. The molecule has 0 unspecified atom stereocenters. The molecule has 224 valence electrons. The third kappa shape index (κ3) is 5.53. The van der Waals surface area contributed by atoms with Gasteiger partial charge in [-0.2, -0.15) is 9.40 Å². The lowest BCUT2D eigenvalue weighted by Crippen LogP contribution is -2.59. The van der Waals surface area contributed by atoms with Crippen LogP contribution in [-0.4, -0.2) is 82.3 Å². The number of piperidine rings is 1. The molecule has 0 bridgehead atoms. The van der Waals surface area contributed by atoms with Crippen molar-refractivity contribution in [3.05, 3.63) is 66.0 Å². The van der Waals surface area contributed by atoms with Gasteiger partial charge < -0.3 is 15.2 Å². The van der Waals surface area contributed by atoms with E-state index < -0.39 is 45.2 Å². The van der Waals surface area contributed by atoms with E-state index in [9.17, 15) is 27.1 Å². The zero-order chi connectivity index (χ0) is 29.6. The summed E-state index contributed by atoms with van der Waals surface area (Å²) in [5.74, 6) is -2.05. The number of nitrogens with zero attached hydrogens (tertiary/aromatic N) is 4. The van der Waals surface area contributed by atoms with E-state index in [0.717, 1.165) is 21.5 Å².